The minimum Gasteiger partial charge on any atom is -0.488 e. The van der Waals surface area contributed by atoms with Gasteiger partial charge >= 0.3 is 0 Å². The Balaban J connectivity index is 1.84. The summed E-state index contributed by atoms with van der Waals surface area (Å²) in [6, 6.07) is 8.62. The largest absolute Gasteiger partial charge is 0.488 e. The van der Waals surface area contributed by atoms with E-state index < -0.39 is 0 Å². The first-order chi connectivity index (χ1) is 8.20. The van der Waals surface area contributed by atoms with Gasteiger partial charge in [0.05, 0.1) is 0 Å². The van der Waals surface area contributed by atoms with E-state index in [2.05, 4.69) is 31.3 Å². The number of ether oxygens (including phenoxy) is 1. The maximum atomic E-state index is 5.93. The first-order valence-corrected chi connectivity index (χ1v) is 6.78. The lowest BCUT2D eigenvalue weighted by molar-refractivity contribution is 0.217. The molecule has 3 heteroatoms. The second-order valence-corrected chi connectivity index (χ2v) is 5.27. The average Bonchev–Trinajstić information content (AvgIpc) is 2.71. The van der Waals surface area contributed by atoms with E-state index in [0.717, 1.165) is 18.7 Å². The number of benzene rings is 1. The molecular formula is C14H20ClNO. The molecule has 0 spiro atoms. The van der Waals surface area contributed by atoms with Crippen molar-refractivity contribution in [3.05, 3.63) is 29.8 Å². The first kappa shape index (κ1) is 12.7. The van der Waals surface area contributed by atoms with Gasteiger partial charge in [-0.3, -0.25) is 0 Å². The van der Waals surface area contributed by atoms with Crippen LogP contribution in [0.15, 0.2) is 24.3 Å². The minimum absolute atomic E-state index is 0.247. The summed E-state index contributed by atoms with van der Waals surface area (Å²) in [4.78, 5) is 0. The molecule has 17 heavy (non-hydrogen) atoms. The van der Waals surface area contributed by atoms with Crippen LogP contribution in [-0.2, 0) is 6.42 Å². The molecule has 2 atom stereocenters. The van der Waals surface area contributed by atoms with Crippen molar-refractivity contribution < 1.29 is 4.74 Å². The molecule has 0 amide bonds. The number of fused-ring (bicyclic) bond motifs is 1. The summed E-state index contributed by atoms with van der Waals surface area (Å²) in [6.07, 6.45) is 1.24. The van der Waals surface area contributed by atoms with Crippen molar-refractivity contribution in [2.45, 2.75) is 32.4 Å². The van der Waals surface area contributed by atoms with Crippen LogP contribution >= 0.6 is 11.6 Å². The molecule has 0 radical (unpaired) electrons. The van der Waals surface area contributed by atoms with E-state index >= 15 is 0 Å². The summed E-state index contributed by atoms with van der Waals surface area (Å²) in [7, 11) is 0. The lowest BCUT2D eigenvalue weighted by Gasteiger charge is -2.21. The van der Waals surface area contributed by atoms with Crippen LogP contribution in [0.5, 0.6) is 5.75 Å². The highest BCUT2D eigenvalue weighted by Crippen LogP contribution is 2.27. The van der Waals surface area contributed by atoms with Crippen molar-refractivity contribution in [3.8, 4) is 5.75 Å². The molecule has 2 unspecified atom stereocenters. The molecule has 0 fully saturated rings. The van der Waals surface area contributed by atoms with Crippen LogP contribution in [-0.4, -0.2) is 24.6 Å². The van der Waals surface area contributed by atoms with Crippen LogP contribution in [0.25, 0.3) is 0 Å². The van der Waals surface area contributed by atoms with E-state index in [1.165, 1.54) is 5.56 Å². The zero-order valence-electron chi connectivity index (χ0n) is 10.4. The van der Waals surface area contributed by atoms with Crippen molar-refractivity contribution in [3.63, 3.8) is 0 Å². The number of hydrogen-bond donors (Lipinski definition) is 1. The fourth-order valence-corrected chi connectivity index (χ4v) is 2.58. The summed E-state index contributed by atoms with van der Waals surface area (Å²) in [5, 5.41) is 3.49. The third-order valence-electron chi connectivity index (χ3n) is 3.29. The smallest absolute Gasteiger partial charge is 0.123 e. The molecule has 0 saturated carbocycles. The molecule has 1 heterocycles. The SMILES string of the molecule is CC(C)C(CCl)NCC1Cc2ccccc2O1. The maximum Gasteiger partial charge on any atom is 0.123 e. The summed E-state index contributed by atoms with van der Waals surface area (Å²) < 4.78 is 5.88. The molecule has 0 aliphatic carbocycles. The third kappa shape index (κ3) is 3.14. The number of rotatable bonds is 5. The Kier molecular flexibility index (Phi) is 4.30. The van der Waals surface area contributed by atoms with Gasteiger partial charge in [0.15, 0.2) is 0 Å². The van der Waals surface area contributed by atoms with Gasteiger partial charge in [-0.25, -0.2) is 0 Å². The monoisotopic (exact) mass is 253 g/mol. The van der Waals surface area contributed by atoms with Gasteiger partial charge in [0.1, 0.15) is 11.9 Å². The second kappa shape index (κ2) is 5.74. The van der Waals surface area contributed by atoms with E-state index in [4.69, 9.17) is 16.3 Å². The first-order valence-electron chi connectivity index (χ1n) is 6.24. The van der Waals surface area contributed by atoms with E-state index in [1.807, 2.05) is 12.1 Å². The Hall–Kier alpha value is -0.730. The molecule has 0 bridgehead atoms. The fourth-order valence-electron chi connectivity index (χ4n) is 2.12. The van der Waals surface area contributed by atoms with Gasteiger partial charge < -0.3 is 10.1 Å². The second-order valence-electron chi connectivity index (χ2n) is 4.96. The Labute approximate surface area is 108 Å². The van der Waals surface area contributed by atoms with Crippen LogP contribution in [0.1, 0.15) is 19.4 Å². The number of hydrogen-bond acceptors (Lipinski definition) is 2. The van der Waals surface area contributed by atoms with Gasteiger partial charge in [-0.15, -0.1) is 11.6 Å². The average molecular weight is 254 g/mol. The van der Waals surface area contributed by atoms with E-state index in [-0.39, 0.29) is 6.10 Å². The highest BCUT2D eigenvalue weighted by atomic mass is 35.5. The Morgan fingerprint density at radius 3 is 2.82 bits per heavy atom. The van der Waals surface area contributed by atoms with Crippen molar-refractivity contribution in [1.82, 2.24) is 5.32 Å². The van der Waals surface area contributed by atoms with Crippen molar-refractivity contribution >= 4 is 11.6 Å². The molecule has 1 N–H and O–H groups in total. The van der Waals surface area contributed by atoms with Crippen LogP contribution in [0, 0.1) is 5.92 Å². The zero-order chi connectivity index (χ0) is 12.3. The van der Waals surface area contributed by atoms with Gasteiger partial charge in [-0.2, -0.15) is 0 Å². The Bertz CT molecular complexity index is 342. The van der Waals surface area contributed by atoms with E-state index in [9.17, 15) is 0 Å². The van der Waals surface area contributed by atoms with Crippen LogP contribution in [0.4, 0.5) is 0 Å². The summed E-state index contributed by atoms with van der Waals surface area (Å²) in [5.74, 6) is 2.24. The van der Waals surface area contributed by atoms with Crippen molar-refractivity contribution in [1.29, 1.82) is 0 Å². The van der Waals surface area contributed by atoms with E-state index in [0.29, 0.717) is 17.8 Å². The minimum atomic E-state index is 0.247. The number of halogens is 1. The highest BCUT2D eigenvalue weighted by Gasteiger charge is 2.23. The van der Waals surface area contributed by atoms with Crippen molar-refractivity contribution in [2.75, 3.05) is 12.4 Å². The zero-order valence-corrected chi connectivity index (χ0v) is 11.2. The molecule has 1 aromatic carbocycles. The number of para-hydroxylation sites is 1. The fraction of sp³-hybridized carbons (Fsp3) is 0.571. The van der Waals surface area contributed by atoms with Crippen LogP contribution < -0.4 is 10.1 Å². The Morgan fingerprint density at radius 1 is 1.41 bits per heavy atom. The topological polar surface area (TPSA) is 21.3 Å². The van der Waals surface area contributed by atoms with Crippen LogP contribution in [0.3, 0.4) is 0 Å². The van der Waals surface area contributed by atoms with Gasteiger partial charge in [0.2, 0.25) is 0 Å². The normalized spacial score (nSPS) is 20.1. The molecular weight excluding hydrogens is 234 g/mol. The summed E-state index contributed by atoms with van der Waals surface area (Å²) >= 11 is 5.93. The highest BCUT2D eigenvalue weighted by molar-refractivity contribution is 6.18. The number of nitrogens with one attached hydrogen (secondary N) is 1. The lowest BCUT2D eigenvalue weighted by Crippen LogP contribution is -2.41. The standard InChI is InChI=1S/C14H20ClNO/c1-10(2)13(8-15)16-9-12-7-11-5-3-4-6-14(11)17-12/h3-6,10,12-13,16H,7-9H2,1-2H3. The molecule has 1 aliphatic heterocycles. The van der Waals surface area contributed by atoms with Crippen molar-refractivity contribution in [2.24, 2.45) is 5.92 Å². The third-order valence-corrected chi connectivity index (χ3v) is 3.62. The molecule has 1 aromatic rings. The molecule has 0 saturated heterocycles. The van der Waals surface area contributed by atoms with Gasteiger partial charge in [-0.05, 0) is 17.5 Å². The molecule has 2 nitrogen and oxygen atoms in total. The summed E-state index contributed by atoms with van der Waals surface area (Å²) in [6.45, 7) is 5.23. The van der Waals surface area contributed by atoms with Gasteiger partial charge in [0.25, 0.3) is 0 Å². The predicted octanol–water partition coefficient (Wildman–Crippen LogP) is 2.84. The Morgan fingerprint density at radius 2 is 2.18 bits per heavy atom. The maximum absolute atomic E-state index is 5.93. The molecule has 0 aromatic heterocycles. The quantitative estimate of drug-likeness (QED) is 0.815. The van der Waals surface area contributed by atoms with E-state index in [1.54, 1.807) is 0 Å². The molecule has 94 valence electrons. The molecule has 2 rings (SSSR count). The predicted molar refractivity (Wildman–Crippen MR) is 71.9 cm³/mol. The molecule has 1 aliphatic rings. The summed E-state index contributed by atoms with van der Waals surface area (Å²) in [5.41, 5.74) is 1.31. The van der Waals surface area contributed by atoms with Crippen LogP contribution in [0.2, 0.25) is 0 Å². The number of alkyl halides is 1. The lowest BCUT2D eigenvalue weighted by atomic mass is 10.1. The van der Waals surface area contributed by atoms with Gasteiger partial charge in [0, 0.05) is 24.9 Å². The van der Waals surface area contributed by atoms with Gasteiger partial charge in [-0.1, -0.05) is 32.0 Å².